The molecular formula is C25H33N9O. The Hall–Kier alpha value is -3.53. The molecule has 1 unspecified atom stereocenters. The van der Waals surface area contributed by atoms with Gasteiger partial charge < -0.3 is 24.6 Å². The summed E-state index contributed by atoms with van der Waals surface area (Å²) < 4.78 is 2.24. The van der Waals surface area contributed by atoms with Crippen LogP contribution in [-0.2, 0) is 17.8 Å². The molecular weight excluding hydrogens is 442 g/mol. The second-order valence-corrected chi connectivity index (χ2v) is 9.73. The molecule has 2 aliphatic rings. The molecule has 10 heteroatoms. The fourth-order valence-corrected chi connectivity index (χ4v) is 4.80. The van der Waals surface area contributed by atoms with Gasteiger partial charge in [0.25, 0.3) is 0 Å². The monoisotopic (exact) mass is 475 g/mol. The number of nitrogens with one attached hydrogen (secondary N) is 1. The van der Waals surface area contributed by atoms with Crippen molar-refractivity contribution in [3.8, 4) is 0 Å². The van der Waals surface area contributed by atoms with Gasteiger partial charge in [0.15, 0.2) is 0 Å². The molecule has 1 amide bonds. The molecule has 0 aliphatic carbocycles. The van der Waals surface area contributed by atoms with E-state index in [-0.39, 0.29) is 5.91 Å². The predicted octanol–water partition coefficient (Wildman–Crippen LogP) is 3.01. The highest BCUT2D eigenvalue weighted by Crippen LogP contribution is 2.26. The van der Waals surface area contributed by atoms with Crippen molar-refractivity contribution in [1.29, 1.82) is 0 Å². The highest BCUT2D eigenvalue weighted by Gasteiger charge is 2.28. The number of aromatic nitrogens is 5. The van der Waals surface area contributed by atoms with Gasteiger partial charge in [-0.15, -0.1) is 0 Å². The Labute approximate surface area is 206 Å². The molecule has 1 N–H and O–H groups in total. The smallest absolute Gasteiger partial charge is 0.230 e. The lowest BCUT2D eigenvalue weighted by Crippen LogP contribution is -2.45. The van der Waals surface area contributed by atoms with E-state index in [1.165, 1.54) is 11.4 Å². The first-order chi connectivity index (χ1) is 16.9. The molecule has 0 saturated carbocycles. The molecule has 0 bridgehead atoms. The van der Waals surface area contributed by atoms with E-state index in [1.807, 2.05) is 43.5 Å². The summed E-state index contributed by atoms with van der Waals surface area (Å²) in [5.41, 5.74) is 3.25. The Kier molecular flexibility index (Phi) is 6.38. The van der Waals surface area contributed by atoms with Crippen LogP contribution in [0.5, 0.6) is 0 Å². The topological polar surface area (TPSA) is 95.3 Å². The number of piperidine rings is 1. The third kappa shape index (κ3) is 4.84. The summed E-state index contributed by atoms with van der Waals surface area (Å²) in [7, 11) is 4.05. The molecule has 10 nitrogen and oxygen atoms in total. The number of fused-ring (bicyclic) bond motifs is 1. The van der Waals surface area contributed by atoms with E-state index in [0.717, 1.165) is 37.4 Å². The van der Waals surface area contributed by atoms with Crippen molar-refractivity contribution in [2.24, 2.45) is 0 Å². The van der Waals surface area contributed by atoms with Crippen LogP contribution in [-0.4, -0.2) is 68.5 Å². The van der Waals surface area contributed by atoms with Gasteiger partial charge in [-0.2, -0.15) is 4.98 Å². The highest BCUT2D eigenvalue weighted by atomic mass is 16.2. The summed E-state index contributed by atoms with van der Waals surface area (Å²) in [6.45, 7) is 6.69. The van der Waals surface area contributed by atoms with E-state index in [9.17, 15) is 4.79 Å². The number of rotatable bonds is 6. The lowest BCUT2D eigenvalue weighted by atomic mass is 10.0. The maximum Gasteiger partial charge on any atom is 0.230 e. The van der Waals surface area contributed by atoms with Crippen molar-refractivity contribution in [1.82, 2.24) is 29.4 Å². The molecule has 1 saturated heterocycles. The number of amides is 1. The normalized spacial score (nSPS) is 18.3. The summed E-state index contributed by atoms with van der Waals surface area (Å²) in [6.07, 6.45) is 7.83. The van der Waals surface area contributed by atoms with Gasteiger partial charge in [0.05, 0.1) is 36.1 Å². The minimum absolute atomic E-state index is 0.136. The van der Waals surface area contributed by atoms with Crippen LogP contribution in [0.25, 0.3) is 0 Å². The van der Waals surface area contributed by atoms with Crippen LogP contribution in [0.1, 0.15) is 44.1 Å². The van der Waals surface area contributed by atoms with Crippen LogP contribution >= 0.6 is 0 Å². The zero-order chi connectivity index (χ0) is 24.5. The highest BCUT2D eigenvalue weighted by molar-refractivity contribution is 5.94. The Morgan fingerprint density at radius 3 is 2.69 bits per heavy atom. The van der Waals surface area contributed by atoms with Crippen molar-refractivity contribution in [2.45, 2.75) is 51.7 Å². The average Bonchev–Trinajstić information content (AvgIpc) is 3.28. The summed E-state index contributed by atoms with van der Waals surface area (Å²) >= 11 is 0. The number of nitrogens with zero attached hydrogens (tertiary/aromatic N) is 8. The zero-order valence-electron chi connectivity index (χ0n) is 20.8. The summed E-state index contributed by atoms with van der Waals surface area (Å²) in [4.78, 5) is 37.0. The molecule has 0 spiro atoms. The first-order valence-corrected chi connectivity index (χ1v) is 12.2. The largest absolute Gasteiger partial charge is 0.350 e. The molecule has 0 aromatic carbocycles. The van der Waals surface area contributed by atoms with E-state index in [0.29, 0.717) is 36.8 Å². The number of anilines is 4. The van der Waals surface area contributed by atoms with E-state index in [2.05, 4.69) is 48.5 Å². The second kappa shape index (κ2) is 9.61. The number of carbonyl (C=O) groups is 1. The molecule has 5 rings (SSSR count). The average molecular weight is 476 g/mol. The zero-order valence-corrected chi connectivity index (χ0v) is 20.8. The lowest BCUT2D eigenvalue weighted by Gasteiger charge is -2.34. The Balaban J connectivity index is 1.26. The first-order valence-electron chi connectivity index (χ1n) is 12.2. The van der Waals surface area contributed by atoms with Crippen molar-refractivity contribution >= 4 is 29.2 Å². The van der Waals surface area contributed by atoms with Gasteiger partial charge in [-0.1, -0.05) is 0 Å². The third-order valence-corrected chi connectivity index (χ3v) is 6.89. The van der Waals surface area contributed by atoms with E-state index >= 15 is 0 Å². The molecule has 2 aliphatic heterocycles. The number of hydrogen-bond donors (Lipinski definition) is 1. The van der Waals surface area contributed by atoms with Crippen molar-refractivity contribution in [2.75, 3.05) is 42.3 Å². The van der Waals surface area contributed by atoms with E-state index in [1.54, 1.807) is 12.4 Å². The summed E-state index contributed by atoms with van der Waals surface area (Å²) in [6, 6.07) is 6.40. The minimum Gasteiger partial charge on any atom is -0.350 e. The summed E-state index contributed by atoms with van der Waals surface area (Å²) in [5.74, 6) is 2.14. The number of imidazole rings is 1. The Morgan fingerprint density at radius 1 is 1.11 bits per heavy atom. The first kappa shape index (κ1) is 23.2. The van der Waals surface area contributed by atoms with Gasteiger partial charge in [-0.25, -0.2) is 15.0 Å². The molecule has 3 aromatic heterocycles. The van der Waals surface area contributed by atoms with Crippen molar-refractivity contribution in [3.63, 3.8) is 0 Å². The van der Waals surface area contributed by atoms with Crippen molar-refractivity contribution in [3.05, 3.63) is 48.3 Å². The number of pyridine rings is 1. The van der Waals surface area contributed by atoms with Crippen LogP contribution in [0, 0.1) is 0 Å². The molecule has 35 heavy (non-hydrogen) atoms. The Bertz CT molecular complexity index is 1190. The van der Waals surface area contributed by atoms with Crippen LogP contribution in [0.4, 0.5) is 23.3 Å². The molecule has 3 aromatic rings. The van der Waals surface area contributed by atoms with Crippen LogP contribution < -0.4 is 15.1 Å². The van der Waals surface area contributed by atoms with Gasteiger partial charge in [0.2, 0.25) is 11.9 Å². The Morgan fingerprint density at radius 2 is 1.97 bits per heavy atom. The molecule has 184 valence electrons. The molecule has 0 radical (unpaired) electrons. The van der Waals surface area contributed by atoms with E-state index in [4.69, 9.17) is 4.98 Å². The SMILES string of the molecule is CC(C)n1cnc2c1CN(c1ccnc(Nc3ccc(N4CCC(N(C)C)CC4=O)cn3)n1)CC2. The van der Waals surface area contributed by atoms with Crippen LogP contribution in [0.2, 0.25) is 0 Å². The van der Waals surface area contributed by atoms with Gasteiger partial charge in [0.1, 0.15) is 11.6 Å². The fraction of sp³-hybridized carbons (Fsp3) is 0.480. The molecule has 1 atom stereocenters. The minimum atomic E-state index is 0.136. The van der Waals surface area contributed by atoms with Gasteiger partial charge in [0, 0.05) is 44.2 Å². The second-order valence-electron chi connectivity index (χ2n) is 9.73. The lowest BCUT2D eigenvalue weighted by molar-refractivity contribution is -0.120. The number of hydrogen-bond acceptors (Lipinski definition) is 8. The standard InChI is InChI=1S/C25H33N9O/c1-17(2)34-16-28-20-9-11-32(15-21(20)34)23-7-10-26-25(30-23)29-22-6-5-19(14-27-22)33-12-8-18(31(3)4)13-24(33)35/h5-7,10,14,16-18H,8-9,11-13,15H2,1-4H3,(H,26,27,29,30). The van der Waals surface area contributed by atoms with Crippen molar-refractivity contribution < 1.29 is 4.79 Å². The van der Waals surface area contributed by atoms with E-state index < -0.39 is 0 Å². The quantitative estimate of drug-likeness (QED) is 0.581. The van der Waals surface area contributed by atoms with Crippen LogP contribution in [0.3, 0.4) is 0 Å². The van der Waals surface area contributed by atoms with Crippen LogP contribution in [0.15, 0.2) is 36.9 Å². The van der Waals surface area contributed by atoms with Gasteiger partial charge in [-0.3, -0.25) is 4.79 Å². The van der Waals surface area contributed by atoms with Gasteiger partial charge >= 0.3 is 0 Å². The third-order valence-electron chi connectivity index (χ3n) is 6.89. The fourth-order valence-electron chi connectivity index (χ4n) is 4.80. The van der Waals surface area contributed by atoms with Gasteiger partial charge in [-0.05, 0) is 52.6 Å². The molecule has 1 fully saturated rings. The summed E-state index contributed by atoms with van der Waals surface area (Å²) in [5, 5.41) is 3.20. The maximum absolute atomic E-state index is 12.6. The maximum atomic E-state index is 12.6. The molecule has 5 heterocycles. The number of carbonyl (C=O) groups excluding carboxylic acids is 1. The predicted molar refractivity (Wildman–Crippen MR) is 136 cm³/mol.